The van der Waals surface area contributed by atoms with Crippen LogP contribution in [0.2, 0.25) is 0 Å². The van der Waals surface area contributed by atoms with Gasteiger partial charge in [0.1, 0.15) is 11.8 Å². The topological polar surface area (TPSA) is 99.1 Å². The van der Waals surface area contributed by atoms with Crippen LogP contribution in [0.25, 0.3) is 0 Å². The fourth-order valence-corrected chi connectivity index (χ4v) is 8.43. The number of esters is 1. The minimum Gasteiger partial charge on any atom is -0.458 e. The number of alkyl halides is 2. The number of hydrogen-bond donors (Lipinski definition) is 1. The summed E-state index contributed by atoms with van der Waals surface area (Å²) in [5.74, 6) is -3.93. The Morgan fingerprint density at radius 1 is 1.20 bits per heavy atom. The van der Waals surface area contributed by atoms with Crippen molar-refractivity contribution in [3.05, 3.63) is 11.6 Å². The number of ether oxygens (including phenoxy) is 3. The van der Waals surface area contributed by atoms with Crippen LogP contribution < -0.4 is 0 Å². The Labute approximate surface area is 203 Å². The molecule has 1 aliphatic heterocycles. The first-order chi connectivity index (χ1) is 16.1. The van der Waals surface area contributed by atoms with Gasteiger partial charge >= 0.3 is 5.97 Å². The summed E-state index contributed by atoms with van der Waals surface area (Å²) in [6.07, 6.45) is -2.44. The van der Waals surface area contributed by atoms with Crippen LogP contribution in [-0.2, 0) is 28.6 Å². The molecule has 0 bridgehead atoms. The maximum atomic E-state index is 17.3. The fraction of sp³-hybridized carbons (Fsp3) is 0.808. The average Bonchev–Trinajstić information content (AvgIpc) is 3.16. The van der Waals surface area contributed by atoms with Gasteiger partial charge in [-0.2, -0.15) is 0 Å². The van der Waals surface area contributed by atoms with Gasteiger partial charge in [0.2, 0.25) is 5.78 Å². The highest BCUT2D eigenvalue weighted by Gasteiger charge is 2.80. The molecule has 9 atom stereocenters. The van der Waals surface area contributed by atoms with Crippen molar-refractivity contribution in [2.75, 3.05) is 6.61 Å². The van der Waals surface area contributed by atoms with Gasteiger partial charge in [-0.25, -0.2) is 8.78 Å². The second-order valence-electron chi connectivity index (χ2n) is 12.0. The van der Waals surface area contributed by atoms with Gasteiger partial charge in [0, 0.05) is 30.1 Å². The molecule has 0 spiro atoms. The molecule has 0 aromatic heterocycles. The Morgan fingerprint density at radius 2 is 1.89 bits per heavy atom. The minimum absolute atomic E-state index is 0.0909. The first-order valence-electron chi connectivity index (χ1n) is 12.4. The van der Waals surface area contributed by atoms with Gasteiger partial charge in [0.05, 0.1) is 12.2 Å². The van der Waals surface area contributed by atoms with Gasteiger partial charge in [-0.15, -0.1) is 0 Å². The van der Waals surface area contributed by atoms with E-state index in [0.29, 0.717) is 0 Å². The van der Waals surface area contributed by atoms with E-state index in [1.807, 2.05) is 0 Å². The van der Waals surface area contributed by atoms with Crippen LogP contribution in [0, 0.1) is 22.7 Å². The van der Waals surface area contributed by atoms with E-state index in [9.17, 15) is 19.5 Å². The predicted octanol–water partition coefficient (Wildman–Crippen LogP) is 3.16. The van der Waals surface area contributed by atoms with Crippen molar-refractivity contribution in [3.8, 4) is 0 Å². The molecule has 1 heterocycles. The maximum Gasteiger partial charge on any atom is 0.303 e. The van der Waals surface area contributed by atoms with Crippen molar-refractivity contribution >= 4 is 17.5 Å². The Morgan fingerprint density at radius 3 is 2.54 bits per heavy atom. The molecule has 1 saturated heterocycles. The summed E-state index contributed by atoms with van der Waals surface area (Å²) in [7, 11) is 0. The molecule has 35 heavy (non-hydrogen) atoms. The zero-order valence-corrected chi connectivity index (χ0v) is 20.9. The van der Waals surface area contributed by atoms with Crippen LogP contribution in [0.15, 0.2) is 11.6 Å². The number of allylic oxidation sites excluding steroid dienone is 1. The molecule has 0 unspecified atom stereocenters. The predicted molar refractivity (Wildman–Crippen MR) is 119 cm³/mol. The standard InChI is InChI=1S/C26H34F2O7/c1-13(29)33-12-20(32)26-21(34-22(2,3)35-26)10-15-16-9-18(27)17-8-14(30)6-7-23(17,4)25(16,28)19(31)11-24(15,26)5/h8,15-16,18-19,21,31H,6-7,9-12H2,1-5H3/t15-,16-,18-,19-,21-,23-,24-,25+,26+/m0/s1. The van der Waals surface area contributed by atoms with Gasteiger partial charge in [-0.1, -0.05) is 13.8 Å². The average molecular weight is 497 g/mol. The van der Waals surface area contributed by atoms with Crippen molar-refractivity contribution < 1.29 is 42.5 Å². The highest BCUT2D eigenvalue weighted by Crippen LogP contribution is 2.73. The van der Waals surface area contributed by atoms with Crippen LogP contribution in [0.4, 0.5) is 8.78 Å². The van der Waals surface area contributed by atoms with E-state index < -0.39 is 76.5 Å². The lowest BCUT2D eigenvalue weighted by molar-refractivity contribution is -0.254. The summed E-state index contributed by atoms with van der Waals surface area (Å²) < 4.78 is 50.4. The second-order valence-corrected chi connectivity index (χ2v) is 12.0. The van der Waals surface area contributed by atoms with Crippen molar-refractivity contribution in [1.82, 2.24) is 0 Å². The second kappa shape index (κ2) is 7.42. The third-order valence-electron chi connectivity index (χ3n) is 9.84. The number of Topliss-reactive ketones (excluding diaryl/α,β-unsaturated/α-hetero) is 1. The lowest BCUT2D eigenvalue weighted by Crippen LogP contribution is -2.71. The quantitative estimate of drug-likeness (QED) is 0.599. The minimum atomic E-state index is -2.18. The maximum absolute atomic E-state index is 17.3. The molecule has 4 aliphatic carbocycles. The molecular weight excluding hydrogens is 462 g/mol. The van der Waals surface area contributed by atoms with E-state index in [0.717, 1.165) is 0 Å². The van der Waals surface area contributed by atoms with E-state index in [1.54, 1.807) is 27.7 Å². The summed E-state index contributed by atoms with van der Waals surface area (Å²) in [6, 6.07) is 0. The normalized spacial score (nSPS) is 49.9. The van der Waals surface area contributed by atoms with Crippen LogP contribution in [0.5, 0.6) is 0 Å². The molecule has 3 saturated carbocycles. The molecule has 0 aromatic carbocycles. The first-order valence-corrected chi connectivity index (χ1v) is 12.4. The summed E-state index contributed by atoms with van der Waals surface area (Å²) in [6.45, 7) is 7.42. The molecular formula is C26H34F2O7. The van der Waals surface area contributed by atoms with Crippen LogP contribution in [0.3, 0.4) is 0 Å². The van der Waals surface area contributed by atoms with Crippen molar-refractivity contribution in [3.63, 3.8) is 0 Å². The summed E-state index contributed by atoms with van der Waals surface area (Å²) in [5.41, 5.74) is -6.06. The van der Waals surface area contributed by atoms with E-state index in [2.05, 4.69) is 0 Å². The third-order valence-corrected chi connectivity index (χ3v) is 9.84. The summed E-state index contributed by atoms with van der Waals surface area (Å²) in [5, 5.41) is 11.5. The number of aliphatic hydroxyl groups excluding tert-OH is 1. The molecule has 5 rings (SSSR count). The van der Waals surface area contributed by atoms with Crippen LogP contribution in [-0.4, -0.2) is 64.7 Å². The molecule has 0 amide bonds. The van der Waals surface area contributed by atoms with Gasteiger partial charge in [-0.05, 0) is 57.1 Å². The van der Waals surface area contributed by atoms with Gasteiger partial charge in [-0.3, -0.25) is 14.4 Å². The lowest BCUT2D eigenvalue weighted by atomic mass is 9.43. The SMILES string of the molecule is CC(=O)OCC(=O)[C@@]12OC(C)(C)O[C@H]1C[C@H]1[C@@H]3C[C@H](F)C4=CC(=O)CC[C@]4(C)[C@]3(F)[C@@H](O)C[C@@]12C. The Hall–Kier alpha value is -1.71. The van der Waals surface area contributed by atoms with Crippen LogP contribution in [0.1, 0.15) is 66.7 Å². The zero-order valence-electron chi connectivity index (χ0n) is 20.9. The number of fused-ring (bicyclic) bond motifs is 7. The van der Waals surface area contributed by atoms with Crippen molar-refractivity contribution in [2.24, 2.45) is 22.7 Å². The lowest BCUT2D eigenvalue weighted by Gasteiger charge is -2.64. The number of carbonyl (C=O) groups excluding carboxylic acids is 3. The molecule has 0 aromatic rings. The third kappa shape index (κ3) is 3.01. The molecule has 4 fully saturated rings. The number of rotatable bonds is 3. The number of halogens is 2. The van der Waals surface area contributed by atoms with Gasteiger partial charge in [0.15, 0.2) is 23.8 Å². The largest absolute Gasteiger partial charge is 0.458 e. The number of carbonyl (C=O) groups is 3. The Kier molecular flexibility index (Phi) is 5.29. The highest BCUT2D eigenvalue weighted by atomic mass is 19.1. The number of hydrogen-bond acceptors (Lipinski definition) is 7. The smallest absolute Gasteiger partial charge is 0.303 e. The highest BCUT2D eigenvalue weighted by molar-refractivity contribution is 5.93. The van der Waals surface area contributed by atoms with E-state index in [-0.39, 0.29) is 43.5 Å². The fourth-order valence-electron chi connectivity index (χ4n) is 8.43. The summed E-state index contributed by atoms with van der Waals surface area (Å²) in [4.78, 5) is 37.2. The zero-order chi connectivity index (χ0) is 25.8. The molecule has 9 heteroatoms. The number of aliphatic hydroxyl groups is 1. The first kappa shape index (κ1) is 25.0. The van der Waals surface area contributed by atoms with Crippen molar-refractivity contribution in [1.29, 1.82) is 0 Å². The Bertz CT molecular complexity index is 1030. The molecule has 1 N–H and O–H groups in total. The Balaban J connectivity index is 1.61. The molecule has 194 valence electrons. The van der Waals surface area contributed by atoms with Gasteiger partial charge < -0.3 is 19.3 Å². The monoisotopic (exact) mass is 496 g/mol. The van der Waals surface area contributed by atoms with Crippen LogP contribution >= 0.6 is 0 Å². The van der Waals surface area contributed by atoms with E-state index >= 15 is 8.78 Å². The number of ketones is 2. The van der Waals surface area contributed by atoms with Crippen molar-refractivity contribution in [2.45, 2.75) is 102 Å². The summed E-state index contributed by atoms with van der Waals surface area (Å²) >= 11 is 0. The molecule has 7 nitrogen and oxygen atoms in total. The van der Waals surface area contributed by atoms with E-state index in [1.165, 1.54) is 13.0 Å². The molecule has 5 aliphatic rings. The molecule has 0 radical (unpaired) electrons. The van der Waals surface area contributed by atoms with Gasteiger partial charge in [0.25, 0.3) is 0 Å². The van der Waals surface area contributed by atoms with E-state index in [4.69, 9.17) is 14.2 Å².